The van der Waals surface area contributed by atoms with Crippen LogP contribution in [0.25, 0.3) is 5.78 Å². The molecule has 0 spiro atoms. The summed E-state index contributed by atoms with van der Waals surface area (Å²) in [6, 6.07) is 1.98. The van der Waals surface area contributed by atoms with E-state index in [0.29, 0.717) is 18.2 Å². The number of hydrogen-bond donors (Lipinski definition) is 2. The number of aliphatic hydroxyl groups is 1. The lowest BCUT2D eigenvalue weighted by atomic mass is 10.0. The molecule has 1 fully saturated rings. The minimum Gasteiger partial charge on any atom is -0.391 e. The Bertz CT molecular complexity index is 576. The molecule has 3 rings (SSSR count). The molecule has 1 unspecified atom stereocenters. The minimum atomic E-state index is -0.297. The Hall–Kier alpha value is -1.69. The molecule has 2 aromatic rings. The molecule has 0 amide bonds. The first kappa shape index (κ1) is 13.3. The quantitative estimate of drug-likeness (QED) is 0.867. The van der Waals surface area contributed by atoms with Crippen LogP contribution in [-0.2, 0) is 6.42 Å². The maximum absolute atomic E-state index is 10.2. The number of nitrogens with one attached hydrogen (secondary N) is 1. The summed E-state index contributed by atoms with van der Waals surface area (Å²) in [7, 11) is 0. The standard InChI is InChI=1S/C14H21N5O/c1-2-11-7-13(19-14(18-11)16-9-17-19)15-8-12(20)10-5-3-4-6-10/h7,9-10,12,15,20H,2-6,8H2,1H3. The third kappa shape index (κ3) is 2.60. The summed E-state index contributed by atoms with van der Waals surface area (Å²) in [6.07, 6.45) is 6.81. The molecule has 108 valence electrons. The van der Waals surface area contributed by atoms with Gasteiger partial charge >= 0.3 is 0 Å². The maximum atomic E-state index is 10.2. The van der Waals surface area contributed by atoms with E-state index in [4.69, 9.17) is 0 Å². The Balaban J connectivity index is 1.74. The van der Waals surface area contributed by atoms with E-state index in [9.17, 15) is 5.11 Å². The Morgan fingerprint density at radius 3 is 3.00 bits per heavy atom. The fourth-order valence-electron chi connectivity index (χ4n) is 2.89. The van der Waals surface area contributed by atoms with Crippen molar-refractivity contribution in [3.8, 4) is 0 Å². The number of hydrogen-bond acceptors (Lipinski definition) is 5. The molecular formula is C14H21N5O. The minimum absolute atomic E-state index is 0.297. The van der Waals surface area contributed by atoms with Crippen LogP contribution in [0.3, 0.4) is 0 Å². The van der Waals surface area contributed by atoms with E-state index in [2.05, 4.69) is 27.3 Å². The highest BCUT2D eigenvalue weighted by Gasteiger charge is 2.23. The highest BCUT2D eigenvalue weighted by molar-refractivity contribution is 5.45. The Morgan fingerprint density at radius 1 is 1.45 bits per heavy atom. The maximum Gasteiger partial charge on any atom is 0.254 e. The van der Waals surface area contributed by atoms with Crippen LogP contribution in [0.4, 0.5) is 5.82 Å². The van der Waals surface area contributed by atoms with Crippen LogP contribution in [0, 0.1) is 5.92 Å². The van der Waals surface area contributed by atoms with Crippen LogP contribution in [0.2, 0.25) is 0 Å². The van der Waals surface area contributed by atoms with Crippen LogP contribution >= 0.6 is 0 Å². The zero-order valence-electron chi connectivity index (χ0n) is 11.8. The molecule has 1 saturated carbocycles. The smallest absolute Gasteiger partial charge is 0.254 e. The summed E-state index contributed by atoms with van der Waals surface area (Å²) >= 11 is 0. The van der Waals surface area contributed by atoms with Crippen molar-refractivity contribution in [2.75, 3.05) is 11.9 Å². The van der Waals surface area contributed by atoms with Gasteiger partial charge in [0.25, 0.3) is 5.78 Å². The van der Waals surface area contributed by atoms with Crippen LogP contribution in [0.5, 0.6) is 0 Å². The van der Waals surface area contributed by atoms with E-state index >= 15 is 0 Å². The van der Waals surface area contributed by atoms with Crippen LogP contribution < -0.4 is 5.32 Å². The van der Waals surface area contributed by atoms with Gasteiger partial charge in [-0.3, -0.25) is 0 Å². The molecule has 0 bridgehead atoms. The van der Waals surface area contributed by atoms with Crippen LogP contribution in [0.1, 0.15) is 38.3 Å². The molecule has 20 heavy (non-hydrogen) atoms. The summed E-state index contributed by atoms with van der Waals surface area (Å²) in [6.45, 7) is 2.61. The molecule has 2 heterocycles. The van der Waals surface area contributed by atoms with E-state index < -0.39 is 0 Å². The molecule has 6 nitrogen and oxygen atoms in total. The van der Waals surface area contributed by atoms with Gasteiger partial charge in [0.15, 0.2) is 0 Å². The van der Waals surface area contributed by atoms with Gasteiger partial charge < -0.3 is 10.4 Å². The van der Waals surface area contributed by atoms with E-state index in [0.717, 1.165) is 30.8 Å². The van der Waals surface area contributed by atoms with Crippen molar-refractivity contribution in [1.29, 1.82) is 0 Å². The zero-order chi connectivity index (χ0) is 13.9. The van der Waals surface area contributed by atoms with Gasteiger partial charge in [-0.25, -0.2) is 4.98 Å². The molecular weight excluding hydrogens is 254 g/mol. The number of fused-ring (bicyclic) bond motifs is 1. The molecule has 2 aromatic heterocycles. The Kier molecular flexibility index (Phi) is 3.82. The fourth-order valence-corrected chi connectivity index (χ4v) is 2.89. The highest BCUT2D eigenvalue weighted by Crippen LogP contribution is 2.27. The topological polar surface area (TPSA) is 75.3 Å². The molecule has 1 atom stereocenters. The van der Waals surface area contributed by atoms with Crippen molar-refractivity contribution in [3.05, 3.63) is 18.1 Å². The average molecular weight is 275 g/mol. The molecule has 0 saturated heterocycles. The van der Waals surface area contributed by atoms with Gasteiger partial charge in [-0.05, 0) is 25.2 Å². The number of anilines is 1. The predicted octanol–water partition coefficient (Wildman–Crippen LogP) is 1.65. The molecule has 0 radical (unpaired) electrons. The molecule has 6 heteroatoms. The molecule has 1 aliphatic carbocycles. The third-order valence-corrected chi connectivity index (χ3v) is 4.10. The third-order valence-electron chi connectivity index (χ3n) is 4.10. The number of aryl methyl sites for hydroxylation is 1. The van der Waals surface area contributed by atoms with Gasteiger partial charge in [-0.1, -0.05) is 19.8 Å². The van der Waals surface area contributed by atoms with Crippen molar-refractivity contribution >= 4 is 11.6 Å². The first-order valence-electron chi connectivity index (χ1n) is 7.39. The van der Waals surface area contributed by atoms with E-state index in [1.54, 1.807) is 4.52 Å². The predicted molar refractivity (Wildman–Crippen MR) is 76.6 cm³/mol. The number of rotatable bonds is 5. The van der Waals surface area contributed by atoms with E-state index in [-0.39, 0.29) is 6.10 Å². The van der Waals surface area contributed by atoms with Crippen LogP contribution in [0.15, 0.2) is 12.4 Å². The number of nitrogens with zero attached hydrogens (tertiary/aromatic N) is 4. The largest absolute Gasteiger partial charge is 0.391 e. The molecule has 0 aromatic carbocycles. The Labute approximate surface area is 118 Å². The molecule has 2 N–H and O–H groups in total. The average Bonchev–Trinajstić information content (AvgIpc) is 3.14. The van der Waals surface area contributed by atoms with Gasteiger partial charge in [-0.15, -0.1) is 0 Å². The van der Waals surface area contributed by atoms with Gasteiger partial charge in [0.1, 0.15) is 12.1 Å². The van der Waals surface area contributed by atoms with Crippen molar-refractivity contribution in [2.45, 2.75) is 45.1 Å². The van der Waals surface area contributed by atoms with E-state index in [1.165, 1.54) is 19.2 Å². The number of aliphatic hydroxyl groups excluding tert-OH is 1. The second-order valence-corrected chi connectivity index (χ2v) is 5.45. The normalized spacial score (nSPS) is 17.7. The molecule has 0 aliphatic heterocycles. The second kappa shape index (κ2) is 5.75. The van der Waals surface area contributed by atoms with Crippen LogP contribution in [-0.4, -0.2) is 37.3 Å². The first-order chi connectivity index (χ1) is 9.78. The lowest BCUT2D eigenvalue weighted by molar-refractivity contribution is 0.122. The van der Waals surface area contributed by atoms with Crippen molar-refractivity contribution < 1.29 is 5.11 Å². The Morgan fingerprint density at radius 2 is 2.25 bits per heavy atom. The summed E-state index contributed by atoms with van der Waals surface area (Å²) < 4.78 is 1.68. The zero-order valence-corrected chi connectivity index (χ0v) is 11.8. The highest BCUT2D eigenvalue weighted by atomic mass is 16.3. The van der Waals surface area contributed by atoms with Crippen molar-refractivity contribution in [2.24, 2.45) is 5.92 Å². The second-order valence-electron chi connectivity index (χ2n) is 5.45. The van der Waals surface area contributed by atoms with E-state index in [1.807, 2.05) is 6.07 Å². The monoisotopic (exact) mass is 275 g/mol. The van der Waals surface area contributed by atoms with Crippen molar-refractivity contribution in [1.82, 2.24) is 19.6 Å². The molecule has 1 aliphatic rings. The first-order valence-corrected chi connectivity index (χ1v) is 7.39. The summed E-state index contributed by atoms with van der Waals surface area (Å²) in [5.41, 5.74) is 0.975. The van der Waals surface area contributed by atoms with Gasteiger partial charge in [-0.2, -0.15) is 14.6 Å². The summed E-state index contributed by atoms with van der Waals surface area (Å²) in [5.74, 6) is 1.88. The summed E-state index contributed by atoms with van der Waals surface area (Å²) in [4.78, 5) is 8.54. The van der Waals surface area contributed by atoms with Gasteiger partial charge in [0.2, 0.25) is 0 Å². The van der Waals surface area contributed by atoms with Crippen molar-refractivity contribution in [3.63, 3.8) is 0 Å². The van der Waals surface area contributed by atoms with Gasteiger partial charge in [0, 0.05) is 18.3 Å². The fraction of sp³-hybridized carbons (Fsp3) is 0.643. The number of aromatic nitrogens is 4. The lowest BCUT2D eigenvalue weighted by Gasteiger charge is -2.19. The summed E-state index contributed by atoms with van der Waals surface area (Å²) in [5, 5.41) is 17.7. The SMILES string of the molecule is CCc1cc(NCC(O)C2CCCC2)n2ncnc2n1. The van der Waals surface area contributed by atoms with Gasteiger partial charge in [0.05, 0.1) is 6.10 Å². The lowest BCUT2D eigenvalue weighted by Crippen LogP contribution is -2.27.